The van der Waals surface area contributed by atoms with Crippen molar-refractivity contribution in [3.05, 3.63) is 53.6 Å². The van der Waals surface area contributed by atoms with Crippen molar-refractivity contribution >= 4 is 11.8 Å². The Kier molecular flexibility index (Phi) is 8.53. The number of nitrogens with zero attached hydrogens (tertiary/aromatic N) is 1. The smallest absolute Gasteiger partial charge is 0.242 e. The molecule has 1 atom stereocenters. The number of rotatable bonds is 10. The Hall–Kier alpha value is -3.22. The summed E-state index contributed by atoms with van der Waals surface area (Å²) in [5.74, 6) is 1.70. The summed E-state index contributed by atoms with van der Waals surface area (Å²) < 4.78 is 15.7. The first-order chi connectivity index (χ1) is 14.4. The summed E-state index contributed by atoms with van der Waals surface area (Å²) in [5.41, 5.74) is 1.94. The van der Waals surface area contributed by atoms with E-state index in [0.29, 0.717) is 31.0 Å². The average molecular weight is 415 g/mol. The van der Waals surface area contributed by atoms with Gasteiger partial charge in [0.1, 0.15) is 11.8 Å². The van der Waals surface area contributed by atoms with Crippen LogP contribution in [0.25, 0.3) is 0 Å². The van der Waals surface area contributed by atoms with Gasteiger partial charge in [-0.15, -0.1) is 0 Å². The van der Waals surface area contributed by atoms with E-state index >= 15 is 0 Å². The van der Waals surface area contributed by atoms with Crippen LogP contribution in [-0.2, 0) is 22.6 Å². The Morgan fingerprint density at radius 3 is 2.13 bits per heavy atom. The first kappa shape index (κ1) is 23.1. The molecule has 0 aliphatic heterocycles. The molecule has 0 spiro atoms. The molecule has 0 aliphatic rings. The molecule has 2 rings (SSSR count). The van der Waals surface area contributed by atoms with Crippen LogP contribution in [0.15, 0.2) is 42.5 Å². The molecule has 1 unspecified atom stereocenters. The van der Waals surface area contributed by atoms with Crippen molar-refractivity contribution in [1.29, 1.82) is 0 Å². The van der Waals surface area contributed by atoms with Gasteiger partial charge >= 0.3 is 0 Å². The number of hydrogen-bond donors (Lipinski definition) is 1. The van der Waals surface area contributed by atoms with Crippen molar-refractivity contribution in [3.63, 3.8) is 0 Å². The van der Waals surface area contributed by atoms with E-state index in [1.165, 1.54) is 6.92 Å². The number of hydrogen-bond acceptors (Lipinski definition) is 5. The first-order valence-corrected chi connectivity index (χ1v) is 9.78. The van der Waals surface area contributed by atoms with Crippen LogP contribution in [0.4, 0.5) is 0 Å². The average Bonchev–Trinajstić information content (AvgIpc) is 2.76. The van der Waals surface area contributed by atoms with Gasteiger partial charge in [0.2, 0.25) is 11.8 Å². The number of ether oxygens (including phenoxy) is 3. The molecule has 2 amide bonds. The van der Waals surface area contributed by atoms with Crippen molar-refractivity contribution < 1.29 is 23.8 Å². The van der Waals surface area contributed by atoms with Crippen molar-refractivity contribution in [2.45, 2.75) is 32.9 Å². The second kappa shape index (κ2) is 11.1. The third-order valence-electron chi connectivity index (χ3n) is 4.92. The molecular formula is C23H30N2O5. The van der Waals surface area contributed by atoms with Gasteiger partial charge in [-0.05, 0) is 48.7 Å². The molecule has 30 heavy (non-hydrogen) atoms. The van der Waals surface area contributed by atoms with Gasteiger partial charge in [-0.3, -0.25) is 9.59 Å². The molecular weight excluding hydrogens is 384 g/mol. The Morgan fingerprint density at radius 1 is 0.933 bits per heavy atom. The number of nitrogens with one attached hydrogen (secondary N) is 1. The lowest BCUT2D eigenvalue weighted by atomic mass is 10.1. The predicted molar refractivity (Wildman–Crippen MR) is 115 cm³/mol. The Labute approximate surface area is 177 Å². The van der Waals surface area contributed by atoms with E-state index in [9.17, 15) is 9.59 Å². The minimum absolute atomic E-state index is 0.159. The van der Waals surface area contributed by atoms with Crippen molar-refractivity contribution in [1.82, 2.24) is 10.2 Å². The maximum absolute atomic E-state index is 12.6. The Balaban J connectivity index is 1.94. The van der Waals surface area contributed by atoms with E-state index in [-0.39, 0.29) is 11.8 Å². The van der Waals surface area contributed by atoms with E-state index in [0.717, 1.165) is 16.9 Å². The fraction of sp³-hybridized carbons (Fsp3) is 0.391. The lowest BCUT2D eigenvalue weighted by Gasteiger charge is -2.27. The van der Waals surface area contributed by atoms with Crippen LogP contribution >= 0.6 is 0 Å². The third kappa shape index (κ3) is 6.14. The summed E-state index contributed by atoms with van der Waals surface area (Å²) in [6.07, 6.45) is 0.636. The normalized spacial score (nSPS) is 11.4. The highest BCUT2D eigenvalue weighted by atomic mass is 16.5. The Morgan fingerprint density at radius 2 is 1.57 bits per heavy atom. The first-order valence-electron chi connectivity index (χ1n) is 9.78. The van der Waals surface area contributed by atoms with E-state index in [1.54, 1.807) is 33.2 Å². The molecule has 2 aromatic rings. The van der Waals surface area contributed by atoms with Crippen molar-refractivity contribution in [2.75, 3.05) is 27.9 Å². The minimum atomic E-state index is -0.588. The summed E-state index contributed by atoms with van der Waals surface area (Å²) in [6, 6.07) is 12.5. The number of carbonyl (C=O) groups excluding carboxylic acids is 2. The molecule has 0 heterocycles. The van der Waals surface area contributed by atoms with E-state index in [4.69, 9.17) is 14.2 Å². The topological polar surface area (TPSA) is 77.1 Å². The minimum Gasteiger partial charge on any atom is -0.497 e. The summed E-state index contributed by atoms with van der Waals surface area (Å²) in [4.78, 5) is 26.3. The Bertz CT molecular complexity index is 851. The highest BCUT2D eigenvalue weighted by molar-refractivity contribution is 5.86. The van der Waals surface area contributed by atoms with Crippen LogP contribution < -0.4 is 19.5 Å². The summed E-state index contributed by atoms with van der Waals surface area (Å²) in [6.45, 7) is 4.00. The van der Waals surface area contributed by atoms with Crippen molar-refractivity contribution in [3.8, 4) is 17.2 Å². The summed E-state index contributed by atoms with van der Waals surface area (Å²) >= 11 is 0. The lowest BCUT2D eigenvalue weighted by molar-refractivity contribution is -0.138. The van der Waals surface area contributed by atoms with Gasteiger partial charge in [0.05, 0.1) is 21.3 Å². The van der Waals surface area contributed by atoms with Gasteiger partial charge in [0.25, 0.3) is 0 Å². The molecule has 7 heteroatoms. The van der Waals surface area contributed by atoms with Crippen LogP contribution in [0.2, 0.25) is 0 Å². The summed E-state index contributed by atoms with van der Waals surface area (Å²) in [7, 11) is 4.78. The predicted octanol–water partition coefficient (Wildman–Crippen LogP) is 2.81. The molecule has 2 aromatic carbocycles. The van der Waals surface area contributed by atoms with Gasteiger partial charge in [0, 0.05) is 20.0 Å². The maximum Gasteiger partial charge on any atom is 0.242 e. The van der Waals surface area contributed by atoms with E-state index < -0.39 is 6.04 Å². The van der Waals surface area contributed by atoms with E-state index in [1.807, 2.05) is 42.5 Å². The largest absolute Gasteiger partial charge is 0.497 e. The lowest BCUT2D eigenvalue weighted by Crippen LogP contribution is -2.47. The fourth-order valence-electron chi connectivity index (χ4n) is 3.10. The second-order valence-corrected chi connectivity index (χ2v) is 6.90. The molecule has 0 aromatic heterocycles. The fourth-order valence-corrected chi connectivity index (χ4v) is 3.10. The highest BCUT2D eigenvalue weighted by Gasteiger charge is 2.23. The van der Waals surface area contributed by atoms with Gasteiger partial charge in [-0.25, -0.2) is 0 Å². The number of amides is 2. The van der Waals surface area contributed by atoms with Gasteiger partial charge in [0.15, 0.2) is 11.5 Å². The molecule has 0 saturated carbocycles. The zero-order chi connectivity index (χ0) is 22.1. The number of carbonyl (C=O) groups is 2. The van der Waals surface area contributed by atoms with E-state index in [2.05, 4.69) is 5.32 Å². The van der Waals surface area contributed by atoms with Crippen LogP contribution in [0.3, 0.4) is 0 Å². The maximum atomic E-state index is 12.6. The van der Waals surface area contributed by atoms with Crippen LogP contribution in [0, 0.1) is 0 Å². The molecule has 0 aliphatic carbocycles. The van der Waals surface area contributed by atoms with Crippen LogP contribution in [0.1, 0.15) is 25.0 Å². The number of benzene rings is 2. The SMILES string of the molecule is COc1ccc(CN(C(C)=O)C(C)C(=O)NCCc2ccc(OC)c(OC)c2)cc1. The van der Waals surface area contributed by atoms with Crippen molar-refractivity contribution in [2.24, 2.45) is 0 Å². The molecule has 7 nitrogen and oxygen atoms in total. The van der Waals surface area contributed by atoms with Gasteiger partial charge in [-0.1, -0.05) is 18.2 Å². The van der Waals surface area contributed by atoms with Gasteiger partial charge < -0.3 is 24.4 Å². The molecule has 0 bridgehead atoms. The highest BCUT2D eigenvalue weighted by Crippen LogP contribution is 2.27. The van der Waals surface area contributed by atoms with Gasteiger partial charge in [-0.2, -0.15) is 0 Å². The second-order valence-electron chi connectivity index (χ2n) is 6.90. The molecule has 0 saturated heterocycles. The van der Waals surface area contributed by atoms with Crippen LogP contribution in [-0.4, -0.2) is 50.6 Å². The zero-order valence-corrected chi connectivity index (χ0v) is 18.2. The standard InChI is InChI=1S/C23H30N2O5/c1-16(25(17(2)26)15-19-6-9-20(28-3)10-7-19)23(27)24-13-12-18-8-11-21(29-4)22(14-18)30-5/h6-11,14,16H,12-13,15H2,1-5H3,(H,24,27). The monoisotopic (exact) mass is 414 g/mol. The molecule has 162 valence electrons. The summed E-state index contributed by atoms with van der Waals surface area (Å²) in [5, 5.41) is 2.91. The molecule has 1 N–H and O–H groups in total. The molecule has 0 fully saturated rings. The zero-order valence-electron chi connectivity index (χ0n) is 18.2. The number of methoxy groups -OCH3 is 3. The molecule has 0 radical (unpaired) electrons. The third-order valence-corrected chi connectivity index (χ3v) is 4.92. The quantitative estimate of drug-likeness (QED) is 0.647. The van der Waals surface area contributed by atoms with Crippen LogP contribution in [0.5, 0.6) is 17.2 Å².